The maximum atomic E-state index is 14.2. The van der Waals surface area contributed by atoms with Crippen molar-refractivity contribution in [1.82, 2.24) is 25.3 Å². The lowest BCUT2D eigenvalue weighted by Gasteiger charge is -2.23. The summed E-state index contributed by atoms with van der Waals surface area (Å²) in [6, 6.07) is 7.47. The molecule has 1 fully saturated rings. The van der Waals surface area contributed by atoms with Gasteiger partial charge in [0.2, 0.25) is 5.88 Å². The number of H-pyrrole nitrogens is 1. The summed E-state index contributed by atoms with van der Waals surface area (Å²) in [7, 11) is 0. The van der Waals surface area contributed by atoms with Gasteiger partial charge in [0.05, 0.1) is 24.3 Å². The highest BCUT2D eigenvalue weighted by Gasteiger charge is 2.16. The second kappa shape index (κ2) is 7.60. The number of pyridine rings is 1. The predicted octanol–water partition coefficient (Wildman–Crippen LogP) is 3.96. The van der Waals surface area contributed by atoms with E-state index in [0.717, 1.165) is 48.0 Å². The summed E-state index contributed by atoms with van der Waals surface area (Å²) in [5.74, 6) is 0.169. The van der Waals surface area contributed by atoms with E-state index in [2.05, 4.69) is 25.3 Å². The molecule has 1 saturated heterocycles. The van der Waals surface area contributed by atoms with Crippen LogP contribution in [0, 0.1) is 5.82 Å². The van der Waals surface area contributed by atoms with Crippen molar-refractivity contribution in [2.24, 2.45) is 0 Å². The number of nitrogens with zero attached hydrogens (tertiary/aromatic N) is 3. The van der Waals surface area contributed by atoms with E-state index in [9.17, 15) is 4.39 Å². The molecule has 4 heterocycles. The molecule has 1 aromatic carbocycles. The van der Waals surface area contributed by atoms with Crippen LogP contribution in [-0.2, 0) is 0 Å². The first-order valence-electron chi connectivity index (χ1n) is 9.69. The van der Waals surface area contributed by atoms with Crippen LogP contribution >= 0.6 is 0 Å². The number of aromatic amines is 1. The van der Waals surface area contributed by atoms with Gasteiger partial charge in [0.25, 0.3) is 0 Å². The molecule has 0 bridgehead atoms. The van der Waals surface area contributed by atoms with E-state index in [4.69, 9.17) is 4.74 Å². The summed E-state index contributed by atoms with van der Waals surface area (Å²) in [4.78, 5) is 16.1. The molecule has 2 N–H and O–H groups in total. The highest BCUT2D eigenvalue weighted by molar-refractivity contribution is 5.97. The number of aromatic nitrogens is 4. The molecule has 3 aromatic heterocycles. The van der Waals surface area contributed by atoms with Gasteiger partial charge in [0.15, 0.2) is 0 Å². The van der Waals surface area contributed by atoms with Gasteiger partial charge < -0.3 is 15.0 Å². The zero-order valence-corrected chi connectivity index (χ0v) is 15.7. The van der Waals surface area contributed by atoms with E-state index in [1.807, 2.05) is 24.4 Å². The Morgan fingerprint density at radius 3 is 2.90 bits per heavy atom. The highest BCUT2D eigenvalue weighted by Crippen LogP contribution is 2.32. The minimum atomic E-state index is -0.347. The van der Waals surface area contributed by atoms with Crippen molar-refractivity contribution in [2.75, 3.05) is 13.1 Å². The Labute approximate surface area is 167 Å². The third kappa shape index (κ3) is 3.56. The van der Waals surface area contributed by atoms with E-state index >= 15 is 0 Å². The lowest BCUT2D eigenvalue weighted by molar-refractivity contribution is 0.160. The Morgan fingerprint density at radius 2 is 2.03 bits per heavy atom. The summed E-state index contributed by atoms with van der Waals surface area (Å²) in [5, 5.41) is 4.28. The Balaban J connectivity index is 1.51. The standard InChI is InChI=1S/C22H20FN5O/c23-19-11-25-7-5-16(19)14-3-4-20-17(8-14)18(10-27-20)21-12-26-13-22(28-21)29-15-2-1-6-24-9-15/h3-5,7-8,10-13,15,24,27H,1-2,6,9H2/t15-/m1/s1. The van der Waals surface area contributed by atoms with E-state index in [0.29, 0.717) is 17.1 Å². The van der Waals surface area contributed by atoms with Crippen molar-refractivity contribution in [3.05, 3.63) is 61.1 Å². The quantitative estimate of drug-likeness (QED) is 0.553. The fourth-order valence-electron chi connectivity index (χ4n) is 3.74. The van der Waals surface area contributed by atoms with Gasteiger partial charge in [0.1, 0.15) is 11.9 Å². The van der Waals surface area contributed by atoms with Crippen LogP contribution in [0.4, 0.5) is 4.39 Å². The molecule has 0 radical (unpaired) electrons. The summed E-state index contributed by atoms with van der Waals surface area (Å²) in [6.45, 7) is 1.85. The number of halogens is 1. The van der Waals surface area contributed by atoms with Crippen LogP contribution in [0.2, 0.25) is 0 Å². The van der Waals surface area contributed by atoms with Crippen LogP contribution in [0.25, 0.3) is 33.3 Å². The van der Waals surface area contributed by atoms with Gasteiger partial charge in [-0.05, 0) is 43.1 Å². The number of ether oxygens (including phenoxy) is 1. The average Bonchev–Trinajstić information content (AvgIpc) is 3.18. The molecule has 1 aliphatic rings. The molecule has 0 saturated carbocycles. The molecule has 4 aromatic rings. The predicted molar refractivity (Wildman–Crippen MR) is 109 cm³/mol. The lowest BCUT2D eigenvalue weighted by atomic mass is 10.0. The molecule has 29 heavy (non-hydrogen) atoms. The minimum absolute atomic E-state index is 0.109. The van der Waals surface area contributed by atoms with Crippen molar-refractivity contribution >= 4 is 10.9 Å². The number of hydrogen-bond donors (Lipinski definition) is 2. The van der Waals surface area contributed by atoms with Crippen LogP contribution in [0.1, 0.15) is 12.8 Å². The van der Waals surface area contributed by atoms with Gasteiger partial charge in [-0.1, -0.05) is 6.07 Å². The van der Waals surface area contributed by atoms with Gasteiger partial charge in [-0.3, -0.25) is 9.97 Å². The van der Waals surface area contributed by atoms with Crippen molar-refractivity contribution < 1.29 is 9.13 Å². The number of fused-ring (bicyclic) bond motifs is 1. The highest BCUT2D eigenvalue weighted by atomic mass is 19.1. The summed E-state index contributed by atoms with van der Waals surface area (Å²) in [6.07, 6.45) is 10.3. The van der Waals surface area contributed by atoms with Crippen molar-refractivity contribution in [3.63, 3.8) is 0 Å². The fraction of sp³-hybridized carbons (Fsp3) is 0.227. The molecular formula is C22H20FN5O. The lowest BCUT2D eigenvalue weighted by Crippen LogP contribution is -2.37. The molecule has 0 unspecified atom stereocenters. The number of rotatable bonds is 4. The van der Waals surface area contributed by atoms with Crippen LogP contribution in [0.15, 0.2) is 55.2 Å². The van der Waals surface area contributed by atoms with Crippen molar-refractivity contribution in [1.29, 1.82) is 0 Å². The molecule has 6 nitrogen and oxygen atoms in total. The number of hydrogen-bond acceptors (Lipinski definition) is 5. The molecule has 1 atom stereocenters. The third-order valence-corrected chi connectivity index (χ3v) is 5.19. The van der Waals surface area contributed by atoms with Crippen molar-refractivity contribution in [3.8, 4) is 28.3 Å². The van der Waals surface area contributed by atoms with Crippen LogP contribution < -0.4 is 10.1 Å². The van der Waals surface area contributed by atoms with Crippen LogP contribution in [0.5, 0.6) is 5.88 Å². The van der Waals surface area contributed by atoms with E-state index < -0.39 is 0 Å². The molecule has 0 aliphatic carbocycles. The molecule has 0 amide bonds. The maximum Gasteiger partial charge on any atom is 0.233 e. The van der Waals surface area contributed by atoms with Crippen LogP contribution in [-0.4, -0.2) is 39.1 Å². The minimum Gasteiger partial charge on any atom is -0.472 e. The molecule has 0 spiro atoms. The first-order chi connectivity index (χ1) is 14.3. The van der Waals surface area contributed by atoms with Gasteiger partial charge >= 0.3 is 0 Å². The van der Waals surface area contributed by atoms with Gasteiger partial charge in [0, 0.05) is 41.0 Å². The summed E-state index contributed by atoms with van der Waals surface area (Å²) < 4.78 is 20.2. The normalized spacial score (nSPS) is 16.8. The third-order valence-electron chi connectivity index (χ3n) is 5.19. The average molecular weight is 389 g/mol. The Kier molecular flexibility index (Phi) is 4.65. The first-order valence-corrected chi connectivity index (χ1v) is 9.69. The van der Waals surface area contributed by atoms with E-state index in [-0.39, 0.29) is 11.9 Å². The monoisotopic (exact) mass is 389 g/mol. The number of piperidine rings is 1. The Hall–Kier alpha value is -3.32. The second-order valence-electron chi connectivity index (χ2n) is 7.15. The molecule has 146 valence electrons. The number of benzene rings is 1. The largest absolute Gasteiger partial charge is 0.472 e. The first kappa shape index (κ1) is 17.8. The van der Waals surface area contributed by atoms with Gasteiger partial charge in [-0.2, -0.15) is 0 Å². The topological polar surface area (TPSA) is 75.7 Å². The Bertz CT molecular complexity index is 1150. The molecule has 7 heteroatoms. The molecule has 5 rings (SSSR count). The SMILES string of the molecule is Fc1cnccc1-c1ccc2[nH]cc(-c3cncc(O[C@@H]4CCCNC4)n3)c2c1. The van der Waals surface area contributed by atoms with E-state index in [1.54, 1.807) is 24.7 Å². The van der Waals surface area contributed by atoms with E-state index in [1.165, 1.54) is 6.20 Å². The maximum absolute atomic E-state index is 14.2. The Morgan fingerprint density at radius 1 is 1.07 bits per heavy atom. The number of nitrogens with one attached hydrogen (secondary N) is 2. The van der Waals surface area contributed by atoms with Crippen LogP contribution in [0.3, 0.4) is 0 Å². The van der Waals surface area contributed by atoms with Gasteiger partial charge in [-0.15, -0.1) is 0 Å². The molecular weight excluding hydrogens is 369 g/mol. The zero-order chi connectivity index (χ0) is 19.6. The van der Waals surface area contributed by atoms with Crippen molar-refractivity contribution in [2.45, 2.75) is 18.9 Å². The zero-order valence-electron chi connectivity index (χ0n) is 15.7. The summed E-state index contributed by atoms with van der Waals surface area (Å²) >= 11 is 0. The second-order valence-corrected chi connectivity index (χ2v) is 7.15. The summed E-state index contributed by atoms with van der Waals surface area (Å²) in [5.41, 5.74) is 3.86. The van der Waals surface area contributed by atoms with Gasteiger partial charge in [-0.25, -0.2) is 9.37 Å². The fourth-order valence-corrected chi connectivity index (χ4v) is 3.74. The smallest absolute Gasteiger partial charge is 0.233 e. The molecule has 1 aliphatic heterocycles.